The topological polar surface area (TPSA) is 44.7 Å². The Bertz CT molecular complexity index is 614. The molecule has 0 aliphatic carbocycles. The molecule has 2 amide bonds. The maximum Gasteiger partial charge on any atom is 0.329 e. The molecule has 20 heavy (non-hydrogen) atoms. The number of hydrogen-bond donors (Lipinski definition) is 1. The molecule has 0 saturated heterocycles. The van der Waals surface area contributed by atoms with Crippen molar-refractivity contribution in [1.82, 2.24) is 10.2 Å². The highest BCUT2D eigenvalue weighted by atomic mass is 35.6. The molecule has 0 aromatic heterocycles. The number of fused-ring (bicyclic) bond motifs is 1. The molecule has 0 fully saturated rings. The van der Waals surface area contributed by atoms with E-state index in [1.54, 1.807) is 35.9 Å². The third-order valence-electron chi connectivity index (χ3n) is 2.96. The second kappa shape index (κ2) is 4.84. The second-order valence-electron chi connectivity index (χ2n) is 4.17. The number of amidine groups is 1. The maximum absolute atomic E-state index is 12.2. The van der Waals surface area contributed by atoms with Crippen LogP contribution in [0.1, 0.15) is 5.56 Å². The van der Waals surface area contributed by atoms with Crippen molar-refractivity contribution in [3.05, 3.63) is 47.5 Å². The number of urea groups is 1. The van der Waals surface area contributed by atoms with Crippen LogP contribution in [-0.2, 0) is 5.66 Å². The van der Waals surface area contributed by atoms with Crippen LogP contribution in [0.5, 0.6) is 0 Å². The first-order chi connectivity index (χ1) is 9.44. The van der Waals surface area contributed by atoms with Gasteiger partial charge in [-0.1, -0.05) is 76.9 Å². The van der Waals surface area contributed by atoms with Gasteiger partial charge in [-0.25, -0.2) is 14.7 Å². The van der Waals surface area contributed by atoms with Gasteiger partial charge in [0.25, 0.3) is 0 Å². The minimum Gasteiger partial charge on any atom is -0.305 e. The zero-order valence-electron chi connectivity index (χ0n) is 9.89. The fourth-order valence-corrected chi connectivity index (χ4v) is 3.35. The number of alkyl halides is 3. The number of carbonyl (C=O) groups is 1. The van der Waals surface area contributed by atoms with Gasteiger partial charge in [0.15, 0.2) is 5.17 Å². The van der Waals surface area contributed by atoms with Gasteiger partial charge in [-0.15, -0.1) is 0 Å². The first-order valence-electron chi connectivity index (χ1n) is 5.61. The maximum atomic E-state index is 12.2. The quantitative estimate of drug-likeness (QED) is 0.784. The van der Waals surface area contributed by atoms with E-state index in [1.807, 2.05) is 6.07 Å². The Morgan fingerprint density at radius 2 is 1.95 bits per heavy atom. The predicted molar refractivity (Wildman–Crippen MR) is 82.9 cm³/mol. The molecule has 2 aliphatic heterocycles. The van der Waals surface area contributed by atoms with E-state index in [9.17, 15) is 4.79 Å². The normalized spacial score (nSPS) is 25.2. The fraction of sp³-hybridized carbons (Fsp3) is 0.167. The van der Waals surface area contributed by atoms with Crippen LogP contribution in [0.25, 0.3) is 0 Å². The van der Waals surface area contributed by atoms with Crippen LogP contribution in [0, 0.1) is 0 Å². The van der Waals surface area contributed by atoms with Gasteiger partial charge in [0.2, 0.25) is 9.46 Å². The SMILES string of the molecule is O=C1N[C@@](c2ccccc2)(C(Cl)(Cl)Cl)N=C2SC=CN12. The lowest BCUT2D eigenvalue weighted by atomic mass is 10.0. The number of aliphatic imine (C=N–C) groups is 1. The summed E-state index contributed by atoms with van der Waals surface area (Å²) in [5.41, 5.74) is -0.839. The molecular formula is C12H8Cl3N3OS. The average molecular weight is 349 g/mol. The third kappa shape index (κ3) is 2.09. The number of rotatable bonds is 1. The third-order valence-corrected chi connectivity index (χ3v) is 4.54. The summed E-state index contributed by atoms with van der Waals surface area (Å²) in [6.45, 7) is 0. The second-order valence-corrected chi connectivity index (χ2v) is 7.33. The zero-order chi connectivity index (χ0) is 14.4. The Kier molecular flexibility index (Phi) is 3.41. The van der Waals surface area contributed by atoms with Crippen LogP contribution < -0.4 is 5.32 Å². The van der Waals surface area contributed by atoms with Gasteiger partial charge in [-0.05, 0) is 5.41 Å². The molecule has 2 aliphatic rings. The van der Waals surface area contributed by atoms with Crippen molar-refractivity contribution >= 4 is 57.8 Å². The first-order valence-corrected chi connectivity index (χ1v) is 7.62. The number of benzene rings is 1. The van der Waals surface area contributed by atoms with E-state index in [1.165, 1.54) is 16.7 Å². The molecule has 1 atom stereocenters. The summed E-state index contributed by atoms with van der Waals surface area (Å²) in [5.74, 6) is 0. The van der Waals surface area contributed by atoms with E-state index >= 15 is 0 Å². The molecule has 8 heteroatoms. The number of halogens is 3. The Labute approximate surface area is 134 Å². The smallest absolute Gasteiger partial charge is 0.305 e. The summed E-state index contributed by atoms with van der Waals surface area (Å²) in [6.07, 6.45) is 1.62. The molecule has 2 heterocycles. The molecule has 0 spiro atoms. The van der Waals surface area contributed by atoms with Gasteiger partial charge in [-0.2, -0.15) is 0 Å². The van der Waals surface area contributed by atoms with E-state index in [0.717, 1.165) is 0 Å². The minimum atomic E-state index is -1.83. The monoisotopic (exact) mass is 347 g/mol. The zero-order valence-corrected chi connectivity index (χ0v) is 13.0. The summed E-state index contributed by atoms with van der Waals surface area (Å²) < 4.78 is -1.83. The molecule has 1 N–H and O–H groups in total. The average Bonchev–Trinajstić information content (AvgIpc) is 2.87. The molecule has 0 bridgehead atoms. The molecule has 0 saturated carbocycles. The van der Waals surface area contributed by atoms with Gasteiger partial charge in [0.05, 0.1) is 0 Å². The number of hydrogen-bond acceptors (Lipinski definition) is 3. The summed E-state index contributed by atoms with van der Waals surface area (Å²) in [7, 11) is 0. The van der Waals surface area contributed by atoms with Crippen molar-refractivity contribution in [2.24, 2.45) is 4.99 Å². The van der Waals surface area contributed by atoms with Crippen LogP contribution in [0.4, 0.5) is 4.79 Å². The number of nitrogens with one attached hydrogen (secondary N) is 1. The van der Waals surface area contributed by atoms with Gasteiger partial charge in [0.1, 0.15) is 0 Å². The molecular weight excluding hydrogens is 341 g/mol. The van der Waals surface area contributed by atoms with Crippen molar-refractivity contribution in [3.63, 3.8) is 0 Å². The van der Waals surface area contributed by atoms with Crippen molar-refractivity contribution in [3.8, 4) is 0 Å². The van der Waals surface area contributed by atoms with Gasteiger partial charge in [0, 0.05) is 11.8 Å². The molecule has 1 aromatic rings. The highest BCUT2D eigenvalue weighted by Crippen LogP contribution is 2.48. The standard InChI is InChI=1S/C12H8Cl3N3OS/c13-12(14,15)11(8-4-2-1-3-5-8)16-9(19)18-6-7-20-10(18)17-11/h1-7H,(H,16,19)/t11-/m1/s1. The van der Waals surface area contributed by atoms with Crippen LogP contribution in [0.2, 0.25) is 0 Å². The highest BCUT2D eigenvalue weighted by Gasteiger charge is 2.55. The highest BCUT2D eigenvalue weighted by molar-refractivity contribution is 8.16. The van der Waals surface area contributed by atoms with E-state index in [4.69, 9.17) is 34.8 Å². The van der Waals surface area contributed by atoms with E-state index in [-0.39, 0.29) is 6.03 Å². The van der Waals surface area contributed by atoms with Crippen LogP contribution in [0.15, 0.2) is 46.9 Å². The first kappa shape index (κ1) is 14.1. The molecule has 0 radical (unpaired) electrons. The number of amides is 2. The number of carbonyl (C=O) groups excluding carboxylic acids is 1. The van der Waals surface area contributed by atoms with Crippen molar-refractivity contribution in [2.75, 3.05) is 0 Å². The minimum absolute atomic E-state index is 0.383. The van der Waals surface area contributed by atoms with E-state index in [2.05, 4.69) is 10.3 Å². The Morgan fingerprint density at radius 1 is 1.25 bits per heavy atom. The van der Waals surface area contributed by atoms with E-state index < -0.39 is 9.46 Å². The van der Waals surface area contributed by atoms with Crippen molar-refractivity contribution in [2.45, 2.75) is 9.46 Å². The van der Waals surface area contributed by atoms with Gasteiger partial charge >= 0.3 is 6.03 Å². The lowest BCUT2D eigenvalue weighted by Crippen LogP contribution is -2.60. The summed E-state index contributed by atoms with van der Waals surface area (Å²) in [4.78, 5) is 18.1. The van der Waals surface area contributed by atoms with Gasteiger partial charge < -0.3 is 5.32 Å². The van der Waals surface area contributed by atoms with E-state index in [0.29, 0.717) is 10.7 Å². The summed E-state index contributed by atoms with van der Waals surface area (Å²) in [6, 6.07) is 8.57. The van der Waals surface area contributed by atoms with Crippen LogP contribution >= 0.6 is 46.6 Å². The summed E-state index contributed by atoms with van der Waals surface area (Å²) >= 11 is 19.7. The molecule has 1 aromatic carbocycles. The molecule has 104 valence electrons. The van der Waals surface area contributed by atoms with Crippen molar-refractivity contribution in [1.29, 1.82) is 0 Å². The molecule has 3 rings (SSSR count). The Balaban J connectivity index is 2.19. The Hall–Kier alpha value is -0.880. The molecule has 0 unspecified atom stereocenters. The van der Waals surface area contributed by atoms with Crippen LogP contribution in [0.3, 0.4) is 0 Å². The lowest BCUT2D eigenvalue weighted by Gasteiger charge is -2.41. The van der Waals surface area contributed by atoms with Crippen LogP contribution in [-0.4, -0.2) is 19.9 Å². The van der Waals surface area contributed by atoms with Gasteiger partial charge in [-0.3, -0.25) is 0 Å². The molecule has 4 nitrogen and oxygen atoms in total. The van der Waals surface area contributed by atoms with Crippen molar-refractivity contribution < 1.29 is 4.79 Å². The number of nitrogens with zero attached hydrogens (tertiary/aromatic N) is 2. The predicted octanol–water partition coefficient (Wildman–Crippen LogP) is 3.81. The lowest BCUT2D eigenvalue weighted by molar-refractivity contribution is 0.208. The largest absolute Gasteiger partial charge is 0.329 e. The fourth-order valence-electron chi connectivity index (χ4n) is 2.01. The summed E-state index contributed by atoms with van der Waals surface area (Å²) in [5, 5.41) is 4.92. The number of thioether (sulfide) groups is 1. The Morgan fingerprint density at radius 3 is 2.60 bits per heavy atom.